The molecular weight excluding hydrogens is 238 g/mol. The second kappa shape index (κ2) is 9.82. The van der Waals surface area contributed by atoms with Crippen molar-refractivity contribution in [2.75, 3.05) is 26.9 Å². The maximum atomic E-state index is 5.40. The lowest BCUT2D eigenvalue weighted by Gasteiger charge is -2.18. The van der Waals surface area contributed by atoms with Crippen molar-refractivity contribution < 1.29 is 9.47 Å². The Hall–Kier alpha value is -1.06. The SMILES string of the molecule is CCNC(CCCOCC)Cc1cccc(OC)c1. The number of ether oxygens (including phenoxy) is 2. The molecule has 0 aromatic heterocycles. The van der Waals surface area contributed by atoms with Crippen molar-refractivity contribution in [1.29, 1.82) is 0 Å². The van der Waals surface area contributed by atoms with Crippen LogP contribution in [0.3, 0.4) is 0 Å². The molecular formula is C16H27NO2. The molecule has 1 aromatic rings. The Balaban J connectivity index is 2.46. The lowest BCUT2D eigenvalue weighted by atomic mass is 10.0. The summed E-state index contributed by atoms with van der Waals surface area (Å²) in [6.07, 6.45) is 3.29. The third-order valence-electron chi connectivity index (χ3n) is 3.15. The minimum Gasteiger partial charge on any atom is -0.497 e. The third-order valence-corrected chi connectivity index (χ3v) is 3.15. The van der Waals surface area contributed by atoms with E-state index in [4.69, 9.17) is 9.47 Å². The largest absolute Gasteiger partial charge is 0.497 e. The van der Waals surface area contributed by atoms with Gasteiger partial charge in [-0.15, -0.1) is 0 Å². The first-order valence-electron chi connectivity index (χ1n) is 7.24. The fourth-order valence-corrected chi connectivity index (χ4v) is 2.23. The Morgan fingerprint density at radius 3 is 2.79 bits per heavy atom. The molecule has 1 atom stereocenters. The first-order valence-corrected chi connectivity index (χ1v) is 7.24. The first-order chi connectivity index (χ1) is 9.30. The lowest BCUT2D eigenvalue weighted by Crippen LogP contribution is -2.31. The number of rotatable bonds is 10. The van der Waals surface area contributed by atoms with Crippen molar-refractivity contribution in [3.8, 4) is 5.75 Å². The number of benzene rings is 1. The summed E-state index contributed by atoms with van der Waals surface area (Å²) in [5.41, 5.74) is 1.32. The minimum absolute atomic E-state index is 0.512. The van der Waals surface area contributed by atoms with Crippen molar-refractivity contribution >= 4 is 0 Å². The molecule has 1 unspecified atom stereocenters. The van der Waals surface area contributed by atoms with Crippen LogP contribution in [-0.2, 0) is 11.2 Å². The highest BCUT2D eigenvalue weighted by atomic mass is 16.5. The van der Waals surface area contributed by atoms with Gasteiger partial charge in [0, 0.05) is 19.3 Å². The van der Waals surface area contributed by atoms with E-state index in [9.17, 15) is 0 Å². The number of hydrogen-bond donors (Lipinski definition) is 1. The van der Waals surface area contributed by atoms with Crippen LogP contribution in [0.5, 0.6) is 5.75 Å². The van der Waals surface area contributed by atoms with E-state index in [1.165, 1.54) is 5.56 Å². The van der Waals surface area contributed by atoms with E-state index in [1.54, 1.807) is 7.11 Å². The van der Waals surface area contributed by atoms with E-state index < -0.39 is 0 Å². The van der Waals surface area contributed by atoms with Gasteiger partial charge in [-0.3, -0.25) is 0 Å². The van der Waals surface area contributed by atoms with E-state index in [0.717, 1.165) is 44.8 Å². The summed E-state index contributed by atoms with van der Waals surface area (Å²) in [5.74, 6) is 0.932. The molecule has 0 aliphatic heterocycles. The number of likely N-dealkylation sites (N-methyl/N-ethyl adjacent to an activating group) is 1. The van der Waals surface area contributed by atoms with Crippen LogP contribution in [0.15, 0.2) is 24.3 Å². The summed E-state index contributed by atoms with van der Waals surface area (Å²) in [5, 5.41) is 3.55. The van der Waals surface area contributed by atoms with Crippen LogP contribution in [0, 0.1) is 0 Å². The molecule has 108 valence electrons. The zero-order chi connectivity index (χ0) is 13.9. The second-order valence-corrected chi connectivity index (χ2v) is 4.65. The molecule has 0 bridgehead atoms. The quantitative estimate of drug-likeness (QED) is 0.660. The van der Waals surface area contributed by atoms with Crippen molar-refractivity contribution in [1.82, 2.24) is 5.32 Å². The Bertz CT molecular complexity index is 341. The Morgan fingerprint density at radius 1 is 1.26 bits per heavy atom. The standard InChI is InChI=1S/C16H27NO2/c1-4-17-15(9-7-11-19-5-2)12-14-8-6-10-16(13-14)18-3/h6,8,10,13,15,17H,4-5,7,9,11-12H2,1-3H3. The molecule has 0 saturated carbocycles. The van der Waals surface area contributed by atoms with Gasteiger partial charge in [-0.2, -0.15) is 0 Å². The molecule has 0 heterocycles. The van der Waals surface area contributed by atoms with Crippen LogP contribution in [0.4, 0.5) is 0 Å². The van der Waals surface area contributed by atoms with Gasteiger partial charge in [0.1, 0.15) is 5.75 Å². The van der Waals surface area contributed by atoms with Gasteiger partial charge in [-0.25, -0.2) is 0 Å². The van der Waals surface area contributed by atoms with Crippen molar-refractivity contribution in [3.63, 3.8) is 0 Å². The van der Waals surface area contributed by atoms with Gasteiger partial charge < -0.3 is 14.8 Å². The van der Waals surface area contributed by atoms with Gasteiger partial charge >= 0.3 is 0 Å². The van der Waals surface area contributed by atoms with Crippen molar-refractivity contribution in [2.24, 2.45) is 0 Å². The van der Waals surface area contributed by atoms with Crippen LogP contribution >= 0.6 is 0 Å². The molecule has 1 N–H and O–H groups in total. The Morgan fingerprint density at radius 2 is 2.11 bits per heavy atom. The van der Waals surface area contributed by atoms with E-state index in [1.807, 2.05) is 13.0 Å². The number of hydrogen-bond acceptors (Lipinski definition) is 3. The molecule has 1 aromatic carbocycles. The topological polar surface area (TPSA) is 30.5 Å². The van der Waals surface area contributed by atoms with Crippen LogP contribution in [0.2, 0.25) is 0 Å². The molecule has 0 fully saturated rings. The second-order valence-electron chi connectivity index (χ2n) is 4.65. The molecule has 3 heteroatoms. The summed E-state index contributed by atoms with van der Waals surface area (Å²) in [6.45, 7) is 6.86. The molecule has 0 saturated heterocycles. The molecule has 0 amide bonds. The van der Waals surface area contributed by atoms with Crippen LogP contribution in [-0.4, -0.2) is 32.9 Å². The molecule has 19 heavy (non-hydrogen) atoms. The van der Waals surface area contributed by atoms with Crippen molar-refractivity contribution in [2.45, 2.75) is 39.2 Å². The van der Waals surface area contributed by atoms with Gasteiger partial charge in [0.05, 0.1) is 7.11 Å². The Labute approximate surface area is 117 Å². The predicted octanol–water partition coefficient (Wildman–Crippen LogP) is 3.03. The molecule has 0 aliphatic carbocycles. The summed E-state index contributed by atoms with van der Waals surface area (Å²) in [6, 6.07) is 8.83. The van der Waals surface area contributed by atoms with E-state index in [0.29, 0.717) is 6.04 Å². The summed E-state index contributed by atoms with van der Waals surface area (Å²) in [7, 11) is 1.71. The molecule has 0 aliphatic rings. The van der Waals surface area contributed by atoms with Gasteiger partial charge in [0.25, 0.3) is 0 Å². The van der Waals surface area contributed by atoms with Gasteiger partial charge in [0.15, 0.2) is 0 Å². The van der Waals surface area contributed by atoms with Crippen LogP contribution in [0.1, 0.15) is 32.3 Å². The highest BCUT2D eigenvalue weighted by Gasteiger charge is 2.08. The molecule has 0 radical (unpaired) electrons. The van der Waals surface area contributed by atoms with Gasteiger partial charge in [0.2, 0.25) is 0 Å². The van der Waals surface area contributed by atoms with E-state index in [2.05, 4.69) is 30.4 Å². The fourth-order valence-electron chi connectivity index (χ4n) is 2.23. The molecule has 3 nitrogen and oxygen atoms in total. The van der Waals surface area contributed by atoms with E-state index >= 15 is 0 Å². The Kier molecular flexibility index (Phi) is 8.26. The zero-order valence-corrected chi connectivity index (χ0v) is 12.4. The summed E-state index contributed by atoms with van der Waals surface area (Å²) < 4.78 is 10.7. The highest BCUT2D eigenvalue weighted by Crippen LogP contribution is 2.15. The van der Waals surface area contributed by atoms with Crippen molar-refractivity contribution in [3.05, 3.63) is 29.8 Å². The monoisotopic (exact) mass is 265 g/mol. The first kappa shape index (κ1) is 16.0. The number of nitrogens with one attached hydrogen (secondary N) is 1. The van der Waals surface area contributed by atoms with Gasteiger partial charge in [-0.1, -0.05) is 19.1 Å². The smallest absolute Gasteiger partial charge is 0.119 e. The average molecular weight is 265 g/mol. The van der Waals surface area contributed by atoms with Gasteiger partial charge in [-0.05, 0) is 50.4 Å². The zero-order valence-electron chi connectivity index (χ0n) is 12.4. The van der Waals surface area contributed by atoms with Crippen LogP contribution < -0.4 is 10.1 Å². The maximum Gasteiger partial charge on any atom is 0.119 e. The number of methoxy groups -OCH3 is 1. The molecule has 1 rings (SSSR count). The van der Waals surface area contributed by atoms with Crippen LogP contribution in [0.25, 0.3) is 0 Å². The summed E-state index contributed by atoms with van der Waals surface area (Å²) >= 11 is 0. The highest BCUT2D eigenvalue weighted by molar-refractivity contribution is 5.28. The normalized spacial score (nSPS) is 12.4. The maximum absolute atomic E-state index is 5.40. The minimum atomic E-state index is 0.512. The molecule has 0 spiro atoms. The predicted molar refractivity (Wildman–Crippen MR) is 79.9 cm³/mol. The van der Waals surface area contributed by atoms with E-state index in [-0.39, 0.29) is 0 Å². The summed E-state index contributed by atoms with van der Waals surface area (Å²) in [4.78, 5) is 0. The fraction of sp³-hybridized carbons (Fsp3) is 0.625. The average Bonchev–Trinajstić information content (AvgIpc) is 2.44. The third kappa shape index (κ3) is 6.60. The lowest BCUT2D eigenvalue weighted by molar-refractivity contribution is 0.141.